The fourth-order valence-corrected chi connectivity index (χ4v) is 2.88. The van der Waals surface area contributed by atoms with Crippen LogP contribution in [0, 0.1) is 0 Å². The highest BCUT2D eigenvalue weighted by molar-refractivity contribution is 7.82. The van der Waals surface area contributed by atoms with E-state index in [0.29, 0.717) is 12.1 Å². The molecule has 0 aliphatic rings. The topological polar surface area (TPSA) is 52.6 Å². The molecule has 0 unspecified atom stereocenters. The lowest BCUT2D eigenvalue weighted by atomic mass is 9.88. The van der Waals surface area contributed by atoms with Gasteiger partial charge in [-0.15, -0.1) is 0 Å². The van der Waals surface area contributed by atoms with E-state index in [1.807, 2.05) is 0 Å². The molecule has 0 aliphatic heterocycles. The number of halogens is 19. The van der Waals surface area contributed by atoms with Gasteiger partial charge in [0.1, 0.15) is 5.75 Å². The van der Waals surface area contributed by atoms with Gasteiger partial charge < -0.3 is 4.18 Å². The first-order chi connectivity index (χ1) is 16.8. The molecule has 0 spiro atoms. The third kappa shape index (κ3) is 5.12. The minimum Gasteiger partial charge on any atom is -0.362 e. The van der Waals surface area contributed by atoms with Crippen molar-refractivity contribution in [3.63, 3.8) is 0 Å². The zero-order chi connectivity index (χ0) is 31.5. The Labute approximate surface area is 201 Å². The molecular weight excluding hydrogens is 637 g/mol. The first-order valence-corrected chi connectivity index (χ1v) is 9.91. The van der Waals surface area contributed by atoms with E-state index in [-0.39, 0.29) is 0 Å². The molecule has 0 radical (unpaired) electrons. The molecule has 0 atom stereocenters. The van der Waals surface area contributed by atoms with Crippen LogP contribution >= 0.6 is 0 Å². The Morgan fingerprint density at radius 2 is 0.769 bits per heavy atom. The molecule has 0 saturated carbocycles. The Balaban J connectivity index is 3.61. The van der Waals surface area contributed by atoms with Crippen molar-refractivity contribution < 1.29 is 100 Å². The maximum absolute atomic E-state index is 13.7. The molecule has 0 saturated heterocycles. The zero-order valence-corrected chi connectivity index (χ0v) is 17.9. The van der Waals surface area contributed by atoms with Gasteiger partial charge in [0.25, 0.3) is 0 Å². The van der Waals surface area contributed by atoms with E-state index in [1.165, 1.54) is 0 Å². The van der Waals surface area contributed by atoms with Crippen molar-refractivity contribution in [2.75, 3.05) is 0 Å². The molecule has 0 aliphatic carbocycles. The second-order valence-electron chi connectivity index (χ2n) is 6.92. The van der Waals surface area contributed by atoms with E-state index in [0.717, 1.165) is 18.2 Å². The molecule has 1 aromatic rings. The Bertz CT molecular complexity index is 1130. The van der Waals surface area contributed by atoms with Crippen molar-refractivity contribution in [1.82, 2.24) is 0 Å². The van der Waals surface area contributed by atoms with Crippen molar-refractivity contribution in [1.29, 1.82) is 0 Å². The van der Waals surface area contributed by atoms with Gasteiger partial charge in [0.05, 0.1) is 0 Å². The number of alkyl halides is 19. The van der Waals surface area contributed by atoms with E-state index < -0.39 is 69.9 Å². The molecule has 4 nitrogen and oxygen atoms in total. The van der Waals surface area contributed by atoms with Crippen LogP contribution in [0.1, 0.15) is 0 Å². The normalized spacial score (nSPS) is 15.9. The van der Waals surface area contributed by atoms with Gasteiger partial charge in [0.15, 0.2) is 0 Å². The largest absolute Gasteiger partial charge is 0.460 e. The van der Waals surface area contributed by atoms with Gasteiger partial charge in [-0.1, -0.05) is 18.2 Å². The van der Waals surface area contributed by atoms with Crippen molar-refractivity contribution in [3.8, 4) is 5.75 Å². The third-order valence-electron chi connectivity index (χ3n) is 4.24. The maximum Gasteiger partial charge on any atom is 0.460 e. The second kappa shape index (κ2) is 9.33. The molecule has 228 valence electrons. The molecule has 0 amide bonds. The maximum atomic E-state index is 13.7. The summed E-state index contributed by atoms with van der Waals surface area (Å²) < 4.78 is 279. The van der Waals surface area contributed by atoms with Crippen molar-refractivity contribution in [2.45, 2.75) is 53.7 Å². The lowest BCUT2D eigenvalue weighted by Crippen LogP contribution is -2.76. The second-order valence-corrected chi connectivity index (χ2v) is 8.07. The van der Waals surface area contributed by atoms with Gasteiger partial charge in [0.2, 0.25) is 0 Å². The molecule has 1 rings (SSSR count). The van der Waals surface area contributed by atoms with Crippen LogP contribution in [0.5, 0.6) is 5.75 Å². The molecule has 24 heteroatoms. The number of hydrogen-bond acceptors (Lipinski definition) is 4. The molecule has 0 aromatic heterocycles. The summed E-state index contributed by atoms with van der Waals surface area (Å²) in [6.07, 6.45) is -15.7. The number of rotatable bonds is 11. The summed E-state index contributed by atoms with van der Waals surface area (Å²) in [5.74, 6) is -63.1. The highest BCUT2D eigenvalue weighted by Gasteiger charge is 2.97. The summed E-state index contributed by atoms with van der Waals surface area (Å²) in [7, 11) is -6.79. The minimum atomic E-state index is -9.14. The van der Waals surface area contributed by atoms with E-state index in [2.05, 4.69) is 8.37 Å². The third-order valence-corrected chi connectivity index (χ3v) is 5.05. The van der Waals surface area contributed by atoms with E-state index in [1.54, 1.807) is 0 Å². The Morgan fingerprint density at radius 3 is 1.10 bits per heavy atom. The van der Waals surface area contributed by atoms with Gasteiger partial charge in [-0.25, -0.2) is 0 Å². The summed E-state index contributed by atoms with van der Waals surface area (Å²) >= 11 is 0. The van der Waals surface area contributed by atoms with Crippen LogP contribution in [-0.2, 0) is 14.6 Å². The van der Waals surface area contributed by atoms with Crippen LogP contribution in [0.15, 0.2) is 30.3 Å². The fourth-order valence-electron chi connectivity index (χ4n) is 2.14. The fraction of sp³-hybridized carbons (Fsp3) is 0.600. The summed E-state index contributed by atoms with van der Waals surface area (Å²) in [5, 5.41) is 0. The smallest absolute Gasteiger partial charge is 0.362 e. The summed E-state index contributed by atoms with van der Waals surface area (Å²) in [6.45, 7) is 0. The highest BCUT2D eigenvalue weighted by atomic mass is 32.3. The van der Waals surface area contributed by atoms with Crippen molar-refractivity contribution in [3.05, 3.63) is 30.3 Å². The molecular formula is C15H5F19O4S. The molecule has 0 N–H and O–H groups in total. The van der Waals surface area contributed by atoms with Crippen LogP contribution in [0.4, 0.5) is 83.4 Å². The minimum absolute atomic E-state index is 0.513. The van der Waals surface area contributed by atoms with E-state index >= 15 is 0 Å². The number of hydrogen-bond donors (Lipinski definition) is 0. The van der Waals surface area contributed by atoms with Gasteiger partial charge in [-0.2, -0.15) is 96.0 Å². The van der Waals surface area contributed by atoms with E-state index in [4.69, 9.17) is 0 Å². The molecule has 0 heterocycles. The van der Waals surface area contributed by atoms with Crippen LogP contribution in [0.3, 0.4) is 0 Å². The van der Waals surface area contributed by atoms with Crippen LogP contribution < -0.4 is 4.18 Å². The van der Waals surface area contributed by atoms with E-state index in [9.17, 15) is 91.8 Å². The molecule has 39 heavy (non-hydrogen) atoms. The summed E-state index contributed by atoms with van der Waals surface area (Å²) in [5.41, 5.74) is 0. The monoisotopic (exact) mass is 642 g/mol. The predicted octanol–water partition coefficient (Wildman–Crippen LogP) is 6.93. The molecule has 0 bridgehead atoms. The SMILES string of the molecule is O=S(=O)(Oc1ccccc1)OC(F)(F)C(F)(F)C(F)(F)C(F)(F)C(F)(F)C(F)(F)C(F)(F)C(F)(F)C(F)(F)F. The Hall–Kier alpha value is -2.40. The van der Waals surface area contributed by atoms with Crippen molar-refractivity contribution in [2.24, 2.45) is 0 Å². The average molecular weight is 642 g/mol. The van der Waals surface area contributed by atoms with Crippen LogP contribution in [0.2, 0.25) is 0 Å². The first-order valence-electron chi connectivity index (χ1n) is 8.58. The highest BCUT2D eigenvalue weighted by Crippen LogP contribution is 2.65. The average Bonchev–Trinajstić information content (AvgIpc) is 2.71. The first kappa shape index (κ1) is 34.6. The van der Waals surface area contributed by atoms with Crippen molar-refractivity contribution >= 4 is 10.4 Å². The Morgan fingerprint density at radius 1 is 0.462 bits per heavy atom. The number of benzene rings is 1. The summed E-state index contributed by atoms with van der Waals surface area (Å²) in [6, 6.07) is 3.77. The van der Waals surface area contributed by atoms with Crippen LogP contribution in [-0.4, -0.2) is 62.2 Å². The standard InChI is InChI=1S/C15H5F19O4S/c16-7(17,8(18,19)10(22,23)12(26,27)14(30,31)32)9(20,21)11(24,25)13(28,29)15(33,34)38-39(35,36)37-6-4-2-1-3-5-6/h1-5H. The molecule has 0 fully saturated rings. The van der Waals surface area contributed by atoms with Gasteiger partial charge in [-0.05, 0) is 12.1 Å². The summed E-state index contributed by atoms with van der Waals surface area (Å²) in [4.78, 5) is 0. The number of para-hydroxylation sites is 1. The van der Waals surface area contributed by atoms with Gasteiger partial charge >= 0.3 is 64.1 Å². The van der Waals surface area contributed by atoms with Gasteiger partial charge in [0, 0.05) is 0 Å². The lowest BCUT2D eigenvalue weighted by Gasteiger charge is -2.43. The zero-order valence-electron chi connectivity index (χ0n) is 17.1. The van der Waals surface area contributed by atoms with Gasteiger partial charge in [-0.3, -0.25) is 0 Å². The quantitative estimate of drug-likeness (QED) is 0.246. The Kier molecular flexibility index (Phi) is 8.28. The molecule has 1 aromatic carbocycles. The lowest BCUT2D eigenvalue weighted by molar-refractivity contribution is -0.476. The predicted molar refractivity (Wildman–Crippen MR) is 82.7 cm³/mol. The van der Waals surface area contributed by atoms with Crippen LogP contribution in [0.25, 0.3) is 0 Å².